The zero-order valence-corrected chi connectivity index (χ0v) is 18.5. The lowest BCUT2D eigenvalue weighted by Gasteiger charge is -2.26. The summed E-state index contributed by atoms with van der Waals surface area (Å²) in [5, 5.41) is 4.27. The first-order valence-corrected chi connectivity index (χ1v) is 10.8. The number of ether oxygens (including phenoxy) is 1. The van der Waals surface area contributed by atoms with E-state index in [-0.39, 0.29) is 24.2 Å². The highest BCUT2D eigenvalue weighted by atomic mass is 35.5. The molecule has 1 aliphatic heterocycles. The maximum Gasteiger partial charge on any atom is 0.322 e. The van der Waals surface area contributed by atoms with Gasteiger partial charge in [-0.25, -0.2) is 4.79 Å². The van der Waals surface area contributed by atoms with E-state index in [2.05, 4.69) is 10.3 Å². The number of aromatic amines is 1. The number of carbonyl (C=O) groups is 1. The number of aromatic nitrogens is 1. The fourth-order valence-electron chi connectivity index (χ4n) is 3.90. The summed E-state index contributed by atoms with van der Waals surface area (Å²) in [6.07, 6.45) is 1.82. The number of carbonyl (C=O) groups excluding carboxylic acids is 1. The predicted molar refractivity (Wildman–Crippen MR) is 124 cm³/mol. The van der Waals surface area contributed by atoms with Gasteiger partial charge in [-0.05, 0) is 61.4 Å². The topological polar surface area (TPSA) is 74.4 Å². The number of hydrogen-bond acceptors (Lipinski definition) is 3. The molecular formula is C24H26ClN3O3. The van der Waals surface area contributed by atoms with Crippen molar-refractivity contribution in [3.8, 4) is 0 Å². The monoisotopic (exact) mass is 439 g/mol. The molecule has 31 heavy (non-hydrogen) atoms. The largest absolute Gasteiger partial charge is 0.376 e. The molecule has 2 aromatic carbocycles. The Morgan fingerprint density at radius 1 is 1.26 bits per heavy atom. The predicted octanol–water partition coefficient (Wildman–Crippen LogP) is 5.01. The van der Waals surface area contributed by atoms with E-state index in [1.54, 1.807) is 23.1 Å². The molecule has 0 unspecified atom stereocenters. The number of rotatable bonds is 5. The molecule has 0 radical (unpaired) electrons. The fraction of sp³-hybridized carbons (Fsp3) is 0.333. The summed E-state index contributed by atoms with van der Waals surface area (Å²) >= 11 is 6.21. The number of hydrogen-bond donors (Lipinski definition) is 2. The number of amides is 2. The van der Waals surface area contributed by atoms with Crippen LogP contribution in [0.1, 0.15) is 29.5 Å². The molecule has 1 aliphatic rings. The minimum absolute atomic E-state index is 0.0403. The van der Waals surface area contributed by atoms with Crippen molar-refractivity contribution in [2.45, 2.75) is 39.3 Å². The molecule has 4 rings (SSSR count). The second kappa shape index (κ2) is 9.12. The number of benzene rings is 2. The average molecular weight is 440 g/mol. The first-order chi connectivity index (χ1) is 14.9. The Morgan fingerprint density at radius 2 is 2.06 bits per heavy atom. The summed E-state index contributed by atoms with van der Waals surface area (Å²) in [6.45, 7) is 5.28. The van der Waals surface area contributed by atoms with Crippen molar-refractivity contribution in [3.63, 3.8) is 0 Å². The molecule has 1 fully saturated rings. The quantitative estimate of drug-likeness (QED) is 0.586. The van der Waals surface area contributed by atoms with Gasteiger partial charge >= 0.3 is 6.03 Å². The van der Waals surface area contributed by atoms with Gasteiger partial charge in [0.05, 0.1) is 28.9 Å². The van der Waals surface area contributed by atoms with Gasteiger partial charge in [0.25, 0.3) is 5.56 Å². The SMILES string of the molecule is Cc1ccc2cc(CN(C[C@@H]3CCCO3)C(=O)Nc3ccccc3Cl)c(=O)[nH]c2c1C. The van der Waals surface area contributed by atoms with Crippen molar-refractivity contribution in [2.75, 3.05) is 18.5 Å². The van der Waals surface area contributed by atoms with Crippen molar-refractivity contribution in [3.05, 3.63) is 74.5 Å². The molecule has 1 atom stereocenters. The summed E-state index contributed by atoms with van der Waals surface area (Å²) < 4.78 is 5.74. The smallest absolute Gasteiger partial charge is 0.322 e. The second-order valence-corrected chi connectivity index (χ2v) is 8.43. The number of nitrogens with one attached hydrogen (secondary N) is 2. The Kier molecular flexibility index (Phi) is 6.30. The highest BCUT2D eigenvalue weighted by Crippen LogP contribution is 2.23. The van der Waals surface area contributed by atoms with Gasteiger partial charge in [-0.3, -0.25) is 4.79 Å². The normalized spacial score (nSPS) is 15.9. The van der Waals surface area contributed by atoms with Crippen molar-refractivity contribution >= 4 is 34.2 Å². The summed E-state index contributed by atoms with van der Waals surface area (Å²) in [7, 11) is 0. The summed E-state index contributed by atoms with van der Waals surface area (Å²) in [5.74, 6) is 0. The number of aryl methyl sites for hydroxylation is 2. The van der Waals surface area contributed by atoms with Gasteiger partial charge in [-0.2, -0.15) is 0 Å². The van der Waals surface area contributed by atoms with Crippen LogP contribution in [-0.2, 0) is 11.3 Å². The van der Waals surface area contributed by atoms with Crippen LogP contribution in [0, 0.1) is 13.8 Å². The molecule has 1 aromatic heterocycles. The number of nitrogens with zero attached hydrogens (tertiary/aromatic N) is 1. The van der Waals surface area contributed by atoms with E-state index in [0.717, 1.165) is 34.9 Å². The van der Waals surface area contributed by atoms with Gasteiger partial charge in [0, 0.05) is 18.7 Å². The highest BCUT2D eigenvalue weighted by Gasteiger charge is 2.24. The van der Waals surface area contributed by atoms with Gasteiger partial charge in [0.1, 0.15) is 0 Å². The van der Waals surface area contributed by atoms with Gasteiger partial charge < -0.3 is 19.9 Å². The van der Waals surface area contributed by atoms with Crippen LogP contribution >= 0.6 is 11.6 Å². The zero-order valence-electron chi connectivity index (χ0n) is 17.7. The molecule has 2 amide bonds. The van der Waals surface area contributed by atoms with E-state index in [1.807, 2.05) is 38.1 Å². The standard InChI is InChI=1S/C24H26ClN3O3/c1-15-9-10-17-12-18(23(29)27-22(17)16(15)2)13-28(14-19-6-5-11-31-19)24(30)26-21-8-4-3-7-20(21)25/h3-4,7-10,12,19H,5-6,11,13-14H2,1-2H3,(H,26,30)(H,27,29)/t19-/m0/s1. The molecule has 7 heteroatoms. The van der Waals surface area contributed by atoms with Gasteiger partial charge in [0.2, 0.25) is 0 Å². The van der Waals surface area contributed by atoms with E-state index in [0.29, 0.717) is 29.4 Å². The molecule has 1 saturated heterocycles. The third-order valence-electron chi connectivity index (χ3n) is 5.84. The van der Waals surface area contributed by atoms with E-state index in [4.69, 9.17) is 16.3 Å². The Balaban J connectivity index is 1.63. The van der Waals surface area contributed by atoms with Crippen molar-refractivity contribution < 1.29 is 9.53 Å². The molecule has 3 aromatic rings. The molecule has 6 nitrogen and oxygen atoms in total. The number of anilines is 1. The van der Waals surface area contributed by atoms with Gasteiger partial charge in [0.15, 0.2) is 0 Å². The number of pyridine rings is 1. The third kappa shape index (κ3) is 4.75. The van der Waals surface area contributed by atoms with Crippen LogP contribution in [0.15, 0.2) is 47.3 Å². The molecule has 0 saturated carbocycles. The molecule has 2 heterocycles. The maximum absolute atomic E-state index is 13.1. The number of H-pyrrole nitrogens is 1. The van der Waals surface area contributed by atoms with E-state index < -0.39 is 0 Å². The minimum Gasteiger partial charge on any atom is -0.376 e. The molecule has 0 bridgehead atoms. The summed E-state index contributed by atoms with van der Waals surface area (Å²) in [4.78, 5) is 30.6. The lowest BCUT2D eigenvalue weighted by Crippen LogP contribution is -2.40. The molecule has 0 spiro atoms. The number of fused-ring (bicyclic) bond motifs is 1. The van der Waals surface area contributed by atoms with Crippen LogP contribution in [0.2, 0.25) is 5.02 Å². The summed E-state index contributed by atoms with van der Waals surface area (Å²) in [6, 6.07) is 12.7. The third-order valence-corrected chi connectivity index (χ3v) is 6.17. The van der Waals surface area contributed by atoms with Crippen molar-refractivity contribution in [2.24, 2.45) is 0 Å². The Bertz CT molecular complexity index is 1170. The van der Waals surface area contributed by atoms with Crippen LogP contribution in [0.4, 0.5) is 10.5 Å². The molecule has 162 valence electrons. The Hall–Kier alpha value is -2.83. The first-order valence-electron chi connectivity index (χ1n) is 10.5. The van der Waals surface area contributed by atoms with Gasteiger partial charge in [-0.15, -0.1) is 0 Å². The van der Waals surface area contributed by atoms with Crippen LogP contribution in [0.25, 0.3) is 10.9 Å². The molecule has 0 aliphatic carbocycles. The zero-order chi connectivity index (χ0) is 22.0. The van der Waals surface area contributed by atoms with E-state index in [9.17, 15) is 9.59 Å². The van der Waals surface area contributed by atoms with Crippen LogP contribution < -0.4 is 10.9 Å². The summed E-state index contributed by atoms with van der Waals surface area (Å²) in [5.41, 5.74) is 3.88. The van der Waals surface area contributed by atoms with Crippen LogP contribution in [-0.4, -0.2) is 35.2 Å². The maximum atomic E-state index is 13.1. The van der Waals surface area contributed by atoms with Crippen LogP contribution in [0.5, 0.6) is 0 Å². The number of halogens is 1. The minimum atomic E-state index is -0.316. The van der Waals surface area contributed by atoms with Crippen molar-refractivity contribution in [1.29, 1.82) is 0 Å². The van der Waals surface area contributed by atoms with Crippen molar-refractivity contribution in [1.82, 2.24) is 9.88 Å². The second-order valence-electron chi connectivity index (χ2n) is 8.02. The lowest BCUT2D eigenvalue weighted by atomic mass is 10.0. The van der Waals surface area contributed by atoms with Crippen LogP contribution in [0.3, 0.4) is 0 Å². The molecular weight excluding hydrogens is 414 g/mol. The molecule has 2 N–H and O–H groups in total. The Labute approximate surface area is 186 Å². The average Bonchev–Trinajstić information content (AvgIpc) is 3.26. The van der Waals surface area contributed by atoms with E-state index in [1.165, 1.54) is 0 Å². The number of urea groups is 1. The number of para-hydroxylation sites is 1. The lowest BCUT2D eigenvalue weighted by molar-refractivity contribution is 0.0818. The van der Waals surface area contributed by atoms with Gasteiger partial charge in [-0.1, -0.05) is 35.9 Å². The fourth-order valence-corrected chi connectivity index (χ4v) is 4.09. The van der Waals surface area contributed by atoms with E-state index >= 15 is 0 Å². The highest BCUT2D eigenvalue weighted by molar-refractivity contribution is 6.33. The first kappa shape index (κ1) is 21.4. The Morgan fingerprint density at radius 3 is 2.81 bits per heavy atom.